The molecule has 0 saturated carbocycles. The predicted octanol–water partition coefficient (Wildman–Crippen LogP) is 0.557. The van der Waals surface area contributed by atoms with E-state index in [1.807, 2.05) is 0 Å². The van der Waals surface area contributed by atoms with E-state index in [1.165, 1.54) is 6.07 Å². The lowest BCUT2D eigenvalue weighted by Crippen LogP contribution is -2.40. The fourth-order valence-electron chi connectivity index (χ4n) is 1.95. The summed E-state index contributed by atoms with van der Waals surface area (Å²) in [5.74, 6) is -0.486. The molecule has 1 aromatic rings. The Labute approximate surface area is 99.6 Å². The second-order valence-corrected chi connectivity index (χ2v) is 4.44. The van der Waals surface area contributed by atoms with E-state index in [2.05, 4.69) is 22.4 Å². The molecule has 94 valence electrons. The van der Waals surface area contributed by atoms with Crippen LogP contribution < -0.4 is 5.32 Å². The number of aromatic nitrogens is 1. The summed E-state index contributed by atoms with van der Waals surface area (Å²) in [5.41, 5.74) is -0.0369. The van der Waals surface area contributed by atoms with Crippen LogP contribution in [0.1, 0.15) is 29.1 Å². The van der Waals surface area contributed by atoms with Gasteiger partial charge in [0.1, 0.15) is 0 Å². The Kier molecular flexibility index (Phi) is 3.75. The van der Waals surface area contributed by atoms with Crippen LogP contribution >= 0.6 is 0 Å². The number of carboxylic acid groups (broad SMARTS) is 1. The van der Waals surface area contributed by atoms with Gasteiger partial charge in [0.25, 0.3) is 0 Å². The zero-order chi connectivity index (χ0) is 12.3. The molecule has 17 heavy (non-hydrogen) atoms. The Hall–Kier alpha value is -1.40. The zero-order valence-electron chi connectivity index (χ0n) is 9.85. The van der Waals surface area contributed by atoms with Gasteiger partial charge in [0, 0.05) is 12.1 Å². The summed E-state index contributed by atoms with van der Waals surface area (Å²) >= 11 is 0. The molecule has 1 fully saturated rings. The molecule has 1 aromatic heterocycles. The highest BCUT2D eigenvalue weighted by Gasteiger charge is 2.17. The van der Waals surface area contributed by atoms with Crippen molar-refractivity contribution >= 4 is 5.97 Å². The Morgan fingerprint density at radius 1 is 1.65 bits per heavy atom. The van der Waals surface area contributed by atoms with Gasteiger partial charge < -0.3 is 19.8 Å². The Morgan fingerprint density at radius 2 is 2.35 bits per heavy atom. The van der Waals surface area contributed by atoms with Gasteiger partial charge in [0.05, 0.1) is 6.54 Å². The summed E-state index contributed by atoms with van der Waals surface area (Å²) in [6, 6.07) is 1.94. The van der Waals surface area contributed by atoms with Gasteiger partial charge in [0.2, 0.25) is 0 Å². The maximum atomic E-state index is 10.6. The smallest absolute Gasteiger partial charge is 0.358 e. The Balaban J connectivity index is 1.79. The maximum absolute atomic E-state index is 10.6. The molecule has 0 atom stereocenters. The quantitative estimate of drug-likeness (QED) is 0.799. The first-order valence-electron chi connectivity index (χ1n) is 5.76. The van der Waals surface area contributed by atoms with Crippen molar-refractivity contribution in [2.24, 2.45) is 0 Å². The van der Waals surface area contributed by atoms with E-state index in [0.717, 1.165) is 25.9 Å². The van der Waals surface area contributed by atoms with Crippen LogP contribution in [0, 0.1) is 0 Å². The van der Waals surface area contributed by atoms with Crippen LogP contribution in [-0.4, -0.2) is 47.3 Å². The average molecular weight is 239 g/mol. The molecule has 2 heterocycles. The number of aromatic carboxylic acids is 1. The number of piperidine rings is 1. The molecule has 0 aliphatic carbocycles. The van der Waals surface area contributed by atoms with Crippen LogP contribution in [0.25, 0.3) is 0 Å². The minimum absolute atomic E-state index is 0.0369. The number of carbonyl (C=O) groups is 1. The fourth-order valence-corrected chi connectivity index (χ4v) is 1.95. The van der Waals surface area contributed by atoms with E-state index in [1.54, 1.807) is 0 Å². The first-order chi connectivity index (χ1) is 8.15. The molecule has 1 saturated heterocycles. The van der Waals surface area contributed by atoms with E-state index in [-0.39, 0.29) is 5.69 Å². The molecule has 0 amide bonds. The summed E-state index contributed by atoms with van der Waals surface area (Å²) in [4.78, 5) is 12.9. The van der Waals surface area contributed by atoms with E-state index >= 15 is 0 Å². The van der Waals surface area contributed by atoms with Gasteiger partial charge >= 0.3 is 5.97 Å². The van der Waals surface area contributed by atoms with Crippen molar-refractivity contribution in [3.05, 3.63) is 17.5 Å². The number of hydrogen-bond acceptors (Lipinski definition) is 5. The van der Waals surface area contributed by atoms with Gasteiger partial charge in [0.15, 0.2) is 11.5 Å². The van der Waals surface area contributed by atoms with Crippen molar-refractivity contribution in [2.45, 2.75) is 25.4 Å². The number of likely N-dealkylation sites (tertiary alicyclic amines) is 1. The number of nitrogens with zero attached hydrogens (tertiary/aromatic N) is 2. The molecule has 6 nitrogen and oxygen atoms in total. The minimum Gasteiger partial charge on any atom is -0.476 e. The lowest BCUT2D eigenvalue weighted by Gasteiger charge is -2.29. The van der Waals surface area contributed by atoms with Crippen molar-refractivity contribution in [1.29, 1.82) is 0 Å². The summed E-state index contributed by atoms with van der Waals surface area (Å²) < 4.78 is 4.93. The van der Waals surface area contributed by atoms with E-state index in [4.69, 9.17) is 9.63 Å². The van der Waals surface area contributed by atoms with Crippen molar-refractivity contribution in [3.63, 3.8) is 0 Å². The molecule has 2 N–H and O–H groups in total. The van der Waals surface area contributed by atoms with Crippen LogP contribution in [0.15, 0.2) is 10.6 Å². The lowest BCUT2D eigenvalue weighted by molar-refractivity contribution is 0.0685. The van der Waals surface area contributed by atoms with Gasteiger partial charge in [-0.2, -0.15) is 0 Å². The first-order valence-corrected chi connectivity index (χ1v) is 5.76. The topological polar surface area (TPSA) is 78.6 Å². The highest BCUT2D eigenvalue weighted by molar-refractivity contribution is 5.85. The second-order valence-electron chi connectivity index (χ2n) is 4.44. The average Bonchev–Trinajstić information content (AvgIpc) is 2.77. The molecule has 0 unspecified atom stereocenters. The molecule has 0 radical (unpaired) electrons. The van der Waals surface area contributed by atoms with Gasteiger partial charge in [-0.1, -0.05) is 5.16 Å². The number of hydrogen-bond donors (Lipinski definition) is 2. The molecule has 1 aliphatic rings. The standard InChI is InChI=1S/C11H17N3O3/c1-14-4-2-8(3-5-14)12-7-9-6-10(11(15)16)13-17-9/h6,8,12H,2-5,7H2,1H3,(H,15,16). The van der Waals surface area contributed by atoms with Crippen LogP contribution in [0.3, 0.4) is 0 Å². The highest BCUT2D eigenvalue weighted by Crippen LogP contribution is 2.10. The molecule has 6 heteroatoms. The fraction of sp³-hybridized carbons (Fsp3) is 0.636. The largest absolute Gasteiger partial charge is 0.476 e. The molecule has 2 rings (SSSR count). The van der Waals surface area contributed by atoms with Gasteiger partial charge in [-0.3, -0.25) is 0 Å². The van der Waals surface area contributed by atoms with Crippen molar-refractivity contribution < 1.29 is 14.4 Å². The zero-order valence-corrected chi connectivity index (χ0v) is 9.85. The molecule has 0 bridgehead atoms. The highest BCUT2D eigenvalue weighted by atomic mass is 16.5. The summed E-state index contributed by atoms with van der Waals surface area (Å²) in [6.45, 7) is 2.72. The molecular formula is C11H17N3O3. The monoisotopic (exact) mass is 239 g/mol. The Morgan fingerprint density at radius 3 is 2.94 bits per heavy atom. The van der Waals surface area contributed by atoms with E-state index in [0.29, 0.717) is 18.3 Å². The lowest BCUT2D eigenvalue weighted by atomic mass is 10.1. The van der Waals surface area contributed by atoms with E-state index < -0.39 is 5.97 Å². The molecule has 0 spiro atoms. The first kappa shape index (κ1) is 12.1. The Bertz CT molecular complexity index is 383. The third-order valence-electron chi connectivity index (χ3n) is 3.06. The molecule has 0 aromatic carbocycles. The van der Waals surface area contributed by atoms with Crippen molar-refractivity contribution in [2.75, 3.05) is 20.1 Å². The normalized spacial score (nSPS) is 18.4. The summed E-state index contributed by atoms with van der Waals surface area (Å²) in [6.07, 6.45) is 2.22. The van der Waals surface area contributed by atoms with Crippen LogP contribution in [-0.2, 0) is 6.54 Å². The van der Waals surface area contributed by atoms with Crippen LogP contribution in [0.2, 0.25) is 0 Å². The number of nitrogens with one attached hydrogen (secondary N) is 1. The van der Waals surface area contributed by atoms with E-state index in [9.17, 15) is 4.79 Å². The van der Waals surface area contributed by atoms with Crippen molar-refractivity contribution in [3.8, 4) is 0 Å². The summed E-state index contributed by atoms with van der Waals surface area (Å²) in [7, 11) is 2.12. The number of rotatable bonds is 4. The summed E-state index contributed by atoms with van der Waals surface area (Å²) in [5, 5.41) is 15.5. The number of carboxylic acids is 1. The van der Waals surface area contributed by atoms with Crippen LogP contribution in [0.4, 0.5) is 0 Å². The van der Waals surface area contributed by atoms with Crippen LogP contribution in [0.5, 0.6) is 0 Å². The molecule has 1 aliphatic heterocycles. The molecular weight excluding hydrogens is 222 g/mol. The van der Waals surface area contributed by atoms with Crippen molar-refractivity contribution in [1.82, 2.24) is 15.4 Å². The SMILES string of the molecule is CN1CCC(NCc2cc(C(=O)O)no2)CC1. The third-order valence-corrected chi connectivity index (χ3v) is 3.06. The minimum atomic E-state index is -1.06. The predicted molar refractivity (Wildman–Crippen MR) is 60.8 cm³/mol. The maximum Gasteiger partial charge on any atom is 0.358 e. The second kappa shape index (κ2) is 5.29. The third kappa shape index (κ3) is 3.28. The van der Waals surface area contributed by atoms with Gasteiger partial charge in [-0.05, 0) is 33.0 Å². The van der Waals surface area contributed by atoms with Gasteiger partial charge in [-0.25, -0.2) is 4.79 Å². The van der Waals surface area contributed by atoms with Gasteiger partial charge in [-0.15, -0.1) is 0 Å².